The topological polar surface area (TPSA) is 47.7 Å². The van der Waals surface area contributed by atoms with E-state index in [1.165, 1.54) is 12.8 Å². The van der Waals surface area contributed by atoms with Crippen LogP contribution in [0.15, 0.2) is 31.1 Å². The Kier molecular flexibility index (Phi) is 4.39. The second-order valence-electron chi connectivity index (χ2n) is 4.60. The second kappa shape index (κ2) is 6.23. The molecule has 0 amide bonds. The van der Waals surface area contributed by atoms with Gasteiger partial charge in [-0.3, -0.25) is 0 Å². The number of aromatic nitrogens is 4. The highest BCUT2D eigenvalue weighted by Crippen LogP contribution is 2.08. The third-order valence-electron chi connectivity index (χ3n) is 2.89. The molecule has 2 aromatic heterocycles. The van der Waals surface area contributed by atoms with Gasteiger partial charge < -0.3 is 14.5 Å². The number of anilines is 1. The Bertz CT molecular complexity index is 446. The van der Waals surface area contributed by atoms with Crippen LogP contribution in [0.2, 0.25) is 0 Å². The van der Waals surface area contributed by atoms with E-state index in [1.807, 2.05) is 24.9 Å². The van der Waals surface area contributed by atoms with Crippen LogP contribution in [0.4, 0.5) is 5.95 Å². The Morgan fingerprint density at radius 3 is 2.94 bits per heavy atom. The van der Waals surface area contributed by atoms with Crippen molar-refractivity contribution in [3.8, 4) is 0 Å². The molecule has 1 N–H and O–H groups in total. The lowest BCUT2D eigenvalue weighted by molar-refractivity contribution is 0.594. The van der Waals surface area contributed by atoms with Crippen LogP contribution in [0.1, 0.15) is 26.7 Å². The average Bonchev–Trinajstić information content (AvgIpc) is 2.98. The smallest absolute Gasteiger partial charge is 0.203 e. The molecule has 2 heterocycles. The predicted octanol–water partition coefficient (Wildman–Crippen LogP) is 2.38. The molecule has 0 aliphatic rings. The normalized spacial score (nSPS) is 12.6. The number of rotatable bonds is 7. The van der Waals surface area contributed by atoms with Gasteiger partial charge in [-0.2, -0.15) is 0 Å². The highest BCUT2D eigenvalue weighted by Gasteiger charge is 2.07. The van der Waals surface area contributed by atoms with E-state index in [9.17, 15) is 0 Å². The first-order chi connectivity index (χ1) is 8.79. The molecule has 0 aliphatic heterocycles. The number of imidazole rings is 2. The first kappa shape index (κ1) is 12.7. The molecular formula is C13H21N5. The van der Waals surface area contributed by atoms with Crippen molar-refractivity contribution in [3.63, 3.8) is 0 Å². The van der Waals surface area contributed by atoms with E-state index in [0.717, 1.165) is 19.0 Å². The summed E-state index contributed by atoms with van der Waals surface area (Å²) in [5.74, 6) is 0.955. The molecule has 0 bridgehead atoms. The molecule has 18 heavy (non-hydrogen) atoms. The van der Waals surface area contributed by atoms with E-state index in [0.29, 0.717) is 6.04 Å². The summed E-state index contributed by atoms with van der Waals surface area (Å²) >= 11 is 0. The van der Waals surface area contributed by atoms with E-state index < -0.39 is 0 Å². The molecule has 0 spiro atoms. The van der Waals surface area contributed by atoms with Crippen molar-refractivity contribution in [1.29, 1.82) is 0 Å². The van der Waals surface area contributed by atoms with Gasteiger partial charge in [-0.25, -0.2) is 9.97 Å². The van der Waals surface area contributed by atoms with Crippen molar-refractivity contribution in [2.24, 2.45) is 0 Å². The highest BCUT2D eigenvalue weighted by atomic mass is 15.2. The lowest BCUT2D eigenvalue weighted by Gasteiger charge is -2.16. The van der Waals surface area contributed by atoms with Gasteiger partial charge in [0, 0.05) is 43.9 Å². The number of aryl methyl sites for hydroxylation is 1. The van der Waals surface area contributed by atoms with Gasteiger partial charge in [-0.15, -0.1) is 0 Å². The molecule has 0 fully saturated rings. The molecular weight excluding hydrogens is 226 g/mol. The fraction of sp³-hybridized carbons (Fsp3) is 0.538. The number of nitrogens with one attached hydrogen (secondary N) is 1. The number of nitrogens with zero attached hydrogens (tertiary/aromatic N) is 4. The summed E-state index contributed by atoms with van der Waals surface area (Å²) in [6, 6.07) is 0.321. The highest BCUT2D eigenvalue weighted by molar-refractivity contribution is 5.27. The maximum Gasteiger partial charge on any atom is 0.203 e. The van der Waals surface area contributed by atoms with Gasteiger partial charge in [-0.1, -0.05) is 13.3 Å². The van der Waals surface area contributed by atoms with Crippen LogP contribution in [0.3, 0.4) is 0 Å². The van der Waals surface area contributed by atoms with Crippen LogP contribution in [0.5, 0.6) is 0 Å². The Morgan fingerprint density at radius 1 is 1.33 bits per heavy atom. The van der Waals surface area contributed by atoms with Gasteiger partial charge in [-0.05, 0) is 13.3 Å². The van der Waals surface area contributed by atoms with Crippen molar-refractivity contribution in [1.82, 2.24) is 19.1 Å². The van der Waals surface area contributed by atoms with E-state index in [-0.39, 0.29) is 0 Å². The summed E-state index contributed by atoms with van der Waals surface area (Å²) in [5.41, 5.74) is 0. The molecule has 5 nitrogen and oxygen atoms in total. The molecule has 0 saturated heterocycles. The third-order valence-corrected chi connectivity index (χ3v) is 2.89. The molecule has 98 valence electrons. The standard InChI is InChI=1S/C13H21N5/c1-3-4-7-18-9-6-15-13(18)16-12(2)10-17-8-5-14-11-17/h5-6,8-9,11-12H,3-4,7,10H2,1-2H3,(H,15,16). The number of hydrogen-bond donors (Lipinski definition) is 1. The lowest BCUT2D eigenvalue weighted by Crippen LogP contribution is -2.23. The van der Waals surface area contributed by atoms with Crippen LogP contribution in [0, 0.1) is 0 Å². The molecule has 2 rings (SSSR count). The van der Waals surface area contributed by atoms with Crippen LogP contribution in [-0.2, 0) is 13.1 Å². The van der Waals surface area contributed by atoms with E-state index in [4.69, 9.17) is 0 Å². The average molecular weight is 247 g/mol. The Morgan fingerprint density at radius 2 is 2.22 bits per heavy atom. The van der Waals surface area contributed by atoms with Gasteiger partial charge >= 0.3 is 0 Å². The van der Waals surface area contributed by atoms with E-state index in [1.54, 1.807) is 6.20 Å². The summed E-state index contributed by atoms with van der Waals surface area (Å²) in [7, 11) is 0. The van der Waals surface area contributed by atoms with Crippen LogP contribution in [-0.4, -0.2) is 25.1 Å². The Hall–Kier alpha value is -1.78. The minimum absolute atomic E-state index is 0.321. The molecule has 0 saturated carbocycles. The van der Waals surface area contributed by atoms with Gasteiger partial charge in [0.05, 0.1) is 6.33 Å². The number of unbranched alkanes of at least 4 members (excludes halogenated alkanes) is 1. The summed E-state index contributed by atoms with van der Waals surface area (Å²) in [6.45, 7) is 6.27. The fourth-order valence-electron chi connectivity index (χ4n) is 1.94. The maximum atomic E-state index is 4.37. The van der Waals surface area contributed by atoms with Crippen molar-refractivity contribution in [2.75, 3.05) is 5.32 Å². The maximum absolute atomic E-state index is 4.37. The first-order valence-corrected chi connectivity index (χ1v) is 6.53. The minimum atomic E-state index is 0.321. The van der Waals surface area contributed by atoms with Crippen molar-refractivity contribution in [2.45, 2.75) is 45.8 Å². The molecule has 1 atom stereocenters. The first-order valence-electron chi connectivity index (χ1n) is 6.53. The molecule has 1 unspecified atom stereocenters. The monoisotopic (exact) mass is 247 g/mol. The third kappa shape index (κ3) is 3.35. The van der Waals surface area contributed by atoms with Crippen molar-refractivity contribution < 1.29 is 0 Å². The molecule has 5 heteroatoms. The summed E-state index contributed by atoms with van der Waals surface area (Å²) in [5, 5.41) is 3.44. The Balaban J connectivity index is 1.90. The fourth-order valence-corrected chi connectivity index (χ4v) is 1.94. The molecule has 0 aromatic carbocycles. The van der Waals surface area contributed by atoms with Gasteiger partial charge in [0.15, 0.2) is 0 Å². The van der Waals surface area contributed by atoms with E-state index >= 15 is 0 Å². The number of hydrogen-bond acceptors (Lipinski definition) is 3. The van der Waals surface area contributed by atoms with Crippen molar-refractivity contribution in [3.05, 3.63) is 31.1 Å². The zero-order chi connectivity index (χ0) is 12.8. The summed E-state index contributed by atoms with van der Waals surface area (Å²) < 4.78 is 4.24. The molecule has 0 radical (unpaired) electrons. The van der Waals surface area contributed by atoms with Gasteiger partial charge in [0.1, 0.15) is 0 Å². The lowest BCUT2D eigenvalue weighted by atomic mass is 10.3. The zero-order valence-corrected chi connectivity index (χ0v) is 11.1. The van der Waals surface area contributed by atoms with E-state index in [2.05, 4.69) is 38.3 Å². The van der Waals surface area contributed by atoms with Gasteiger partial charge in [0.25, 0.3) is 0 Å². The zero-order valence-electron chi connectivity index (χ0n) is 11.1. The summed E-state index contributed by atoms with van der Waals surface area (Å²) in [6.07, 6.45) is 11.9. The largest absolute Gasteiger partial charge is 0.351 e. The van der Waals surface area contributed by atoms with Crippen LogP contribution in [0.25, 0.3) is 0 Å². The molecule has 0 aliphatic carbocycles. The van der Waals surface area contributed by atoms with Crippen molar-refractivity contribution >= 4 is 5.95 Å². The minimum Gasteiger partial charge on any atom is -0.351 e. The molecule has 2 aromatic rings. The second-order valence-corrected chi connectivity index (χ2v) is 4.60. The quantitative estimate of drug-likeness (QED) is 0.817. The Labute approximate surface area is 108 Å². The predicted molar refractivity (Wildman–Crippen MR) is 72.4 cm³/mol. The SMILES string of the molecule is CCCCn1ccnc1NC(C)Cn1ccnc1. The van der Waals surface area contributed by atoms with Crippen LogP contribution < -0.4 is 5.32 Å². The van der Waals surface area contributed by atoms with Crippen LogP contribution >= 0.6 is 0 Å². The summed E-state index contributed by atoms with van der Waals surface area (Å²) in [4.78, 5) is 8.41. The van der Waals surface area contributed by atoms with Gasteiger partial charge in [0.2, 0.25) is 5.95 Å².